The van der Waals surface area contributed by atoms with E-state index in [4.69, 9.17) is 9.90 Å². The quantitative estimate of drug-likeness (QED) is 0.416. The first-order chi connectivity index (χ1) is 18.1. The summed E-state index contributed by atoms with van der Waals surface area (Å²) in [4.78, 5) is 23.1. The zero-order valence-corrected chi connectivity index (χ0v) is 21.0. The number of carbonyl (C=O) groups excluding carboxylic acids is 1. The van der Waals surface area contributed by atoms with Crippen molar-refractivity contribution in [3.63, 3.8) is 0 Å². The Hall–Kier alpha value is -3.93. The molecular weight excluding hydrogens is 501 g/mol. The fourth-order valence-corrected chi connectivity index (χ4v) is 4.85. The van der Waals surface area contributed by atoms with E-state index in [9.17, 15) is 18.0 Å². The van der Waals surface area contributed by atoms with E-state index in [1.54, 1.807) is 18.5 Å². The van der Waals surface area contributed by atoms with E-state index in [-0.39, 0.29) is 36.1 Å². The van der Waals surface area contributed by atoms with Gasteiger partial charge in [-0.15, -0.1) is 10.2 Å². The van der Waals surface area contributed by atoms with Crippen molar-refractivity contribution in [1.29, 1.82) is 0 Å². The maximum absolute atomic E-state index is 14.0. The van der Waals surface area contributed by atoms with Gasteiger partial charge < -0.3 is 25.2 Å². The topological polar surface area (TPSA) is 112 Å². The molecule has 0 bridgehead atoms. The van der Waals surface area contributed by atoms with Gasteiger partial charge in [-0.3, -0.25) is 9.59 Å². The second-order valence-corrected chi connectivity index (χ2v) is 9.44. The Kier molecular flexibility index (Phi) is 8.00. The van der Waals surface area contributed by atoms with Gasteiger partial charge in [-0.25, -0.2) is 0 Å². The van der Waals surface area contributed by atoms with Crippen LogP contribution in [0.3, 0.4) is 0 Å². The molecule has 2 aliphatic rings. The molecule has 5 rings (SSSR count). The Bertz CT molecular complexity index is 1300. The molecule has 38 heavy (non-hydrogen) atoms. The molecule has 2 aliphatic heterocycles. The van der Waals surface area contributed by atoms with Crippen molar-refractivity contribution in [2.45, 2.75) is 44.4 Å². The van der Waals surface area contributed by atoms with Crippen molar-refractivity contribution in [3.8, 4) is 0 Å². The van der Waals surface area contributed by atoms with Gasteiger partial charge in [0.1, 0.15) is 12.2 Å². The SMILES string of the molecule is CC(Cc1nncn1C)c1cccc(N2Cc3c(cc(NC4CCNC4)cc3C(F)(F)F)C2=O)c1.O=CO. The van der Waals surface area contributed by atoms with Crippen LogP contribution in [0.1, 0.15) is 52.1 Å². The number of nitrogens with zero attached hydrogens (tertiary/aromatic N) is 4. The Balaban J connectivity index is 0.00000107. The van der Waals surface area contributed by atoms with Gasteiger partial charge in [0.15, 0.2) is 0 Å². The fourth-order valence-electron chi connectivity index (χ4n) is 4.85. The van der Waals surface area contributed by atoms with Gasteiger partial charge in [-0.1, -0.05) is 19.1 Å². The molecule has 3 aromatic rings. The predicted molar refractivity (Wildman–Crippen MR) is 135 cm³/mol. The lowest BCUT2D eigenvalue weighted by atomic mass is 9.97. The van der Waals surface area contributed by atoms with Crippen molar-refractivity contribution in [1.82, 2.24) is 20.1 Å². The second-order valence-electron chi connectivity index (χ2n) is 9.44. The van der Waals surface area contributed by atoms with Crippen LogP contribution in [0, 0.1) is 0 Å². The highest BCUT2D eigenvalue weighted by atomic mass is 19.4. The Morgan fingerprint density at radius 1 is 1.29 bits per heavy atom. The number of hydrogen-bond donors (Lipinski definition) is 3. The molecular formula is C26H29F3N6O3. The minimum absolute atomic E-state index is 0.0233. The number of alkyl halides is 3. The first kappa shape index (κ1) is 27.1. The van der Waals surface area contributed by atoms with Crippen LogP contribution in [-0.4, -0.2) is 51.4 Å². The molecule has 3 heterocycles. The van der Waals surface area contributed by atoms with Crippen LogP contribution in [0.2, 0.25) is 0 Å². The summed E-state index contributed by atoms with van der Waals surface area (Å²) in [6.45, 7) is 3.17. The summed E-state index contributed by atoms with van der Waals surface area (Å²) in [7, 11) is 1.88. The van der Waals surface area contributed by atoms with Gasteiger partial charge in [0.2, 0.25) is 0 Å². The van der Waals surface area contributed by atoms with Crippen LogP contribution in [0.5, 0.6) is 0 Å². The highest BCUT2D eigenvalue weighted by molar-refractivity contribution is 6.11. The highest BCUT2D eigenvalue weighted by Crippen LogP contribution is 2.41. The number of carbonyl (C=O) groups is 2. The lowest BCUT2D eigenvalue weighted by Gasteiger charge is -2.19. The van der Waals surface area contributed by atoms with Gasteiger partial charge >= 0.3 is 6.18 Å². The summed E-state index contributed by atoms with van der Waals surface area (Å²) in [6, 6.07) is 10.2. The fraction of sp³-hybridized carbons (Fsp3) is 0.385. The summed E-state index contributed by atoms with van der Waals surface area (Å²) in [6.07, 6.45) is -1.45. The number of hydrogen-bond acceptors (Lipinski definition) is 6. The highest BCUT2D eigenvalue weighted by Gasteiger charge is 2.40. The summed E-state index contributed by atoms with van der Waals surface area (Å²) < 4.78 is 43.8. The number of rotatable bonds is 6. The van der Waals surface area contributed by atoms with E-state index in [0.29, 0.717) is 24.3 Å². The first-order valence-electron chi connectivity index (χ1n) is 12.2. The minimum atomic E-state index is -4.56. The van der Waals surface area contributed by atoms with E-state index < -0.39 is 17.6 Å². The number of nitrogens with one attached hydrogen (secondary N) is 2. The van der Waals surface area contributed by atoms with Crippen LogP contribution in [0.15, 0.2) is 42.7 Å². The molecule has 3 N–H and O–H groups in total. The average Bonchev–Trinajstić information content (AvgIpc) is 3.61. The van der Waals surface area contributed by atoms with Gasteiger partial charge in [-0.2, -0.15) is 13.2 Å². The van der Waals surface area contributed by atoms with Crippen molar-refractivity contribution < 1.29 is 27.9 Å². The molecule has 2 atom stereocenters. The van der Waals surface area contributed by atoms with Crippen molar-refractivity contribution in [2.24, 2.45) is 7.05 Å². The molecule has 0 radical (unpaired) electrons. The van der Waals surface area contributed by atoms with Crippen molar-refractivity contribution in [3.05, 3.63) is 70.8 Å². The van der Waals surface area contributed by atoms with E-state index in [2.05, 4.69) is 20.8 Å². The monoisotopic (exact) mass is 530 g/mol. The maximum atomic E-state index is 14.0. The summed E-state index contributed by atoms with van der Waals surface area (Å²) in [5.41, 5.74) is 1.25. The molecule has 202 valence electrons. The minimum Gasteiger partial charge on any atom is -0.483 e. The molecule has 1 fully saturated rings. The van der Waals surface area contributed by atoms with Crippen LogP contribution in [-0.2, 0) is 31.0 Å². The largest absolute Gasteiger partial charge is 0.483 e. The number of anilines is 2. The molecule has 1 amide bonds. The normalized spacial score (nSPS) is 17.6. The third kappa shape index (κ3) is 5.80. The maximum Gasteiger partial charge on any atom is 0.416 e. The van der Waals surface area contributed by atoms with Gasteiger partial charge in [0, 0.05) is 43.0 Å². The number of benzene rings is 2. The summed E-state index contributed by atoms with van der Waals surface area (Å²) in [5.74, 6) is 0.496. The molecule has 12 heteroatoms. The van der Waals surface area contributed by atoms with E-state index in [1.165, 1.54) is 4.90 Å². The van der Waals surface area contributed by atoms with Crippen molar-refractivity contribution in [2.75, 3.05) is 23.3 Å². The molecule has 0 aliphatic carbocycles. The molecule has 1 aromatic heterocycles. The van der Waals surface area contributed by atoms with E-state index in [1.807, 2.05) is 36.7 Å². The Morgan fingerprint density at radius 2 is 2.05 bits per heavy atom. The molecule has 2 aromatic carbocycles. The first-order valence-corrected chi connectivity index (χ1v) is 12.2. The lowest BCUT2D eigenvalue weighted by Crippen LogP contribution is -2.23. The predicted octanol–water partition coefficient (Wildman–Crippen LogP) is 3.82. The van der Waals surface area contributed by atoms with Gasteiger partial charge in [0.05, 0.1) is 12.1 Å². The van der Waals surface area contributed by atoms with Gasteiger partial charge in [-0.05, 0) is 54.3 Å². The number of halogens is 3. The Labute approximate surface area is 217 Å². The molecule has 9 nitrogen and oxygen atoms in total. The summed E-state index contributed by atoms with van der Waals surface area (Å²) >= 11 is 0. The molecule has 0 saturated carbocycles. The van der Waals surface area contributed by atoms with E-state index >= 15 is 0 Å². The average molecular weight is 531 g/mol. The number of aryl methyl sites for hydroxylation is 1. The number of aromatic nitrogens is 3. The summed E-state index contributed by atoms with van der Waals surface area (Å²) in [5, 5.41) is 21.3. The molecule has 2 unspecified atom stereocenters. The van der Waals surface area contributed by atoms with Crippen LogP contribution < -0.4 is 15.5 Å². The second kappa shape index (κ2) is 11.2. The van der Waals surface area contributed by atoms with Crippen LogP contribution >= 0.6 is 0 Å². The van der Waals surface area contributed by atoms with E-state index in [0.717, 1.165) is 30.4 Å². The standard InChI is InChI=1S/C25H27F3N6O.CH2O2/c1-15(8-23-32-30-14-33(23)2)16-4-3-5-19(9-16)34-13-21-20(24(34)35)10-18(11-22(21)25(26,27)28)31-17-6-7-29-12-17;2-1-3/h3-5,9-11,14-15,17,29,31H,6-8,12-13H2,1-2H3;1H,(H,2,3). The molecule has 0 spiro atoms. The third-order valence-electron chi connectivity index (χ3n) is 6.82. The van der Waals surface area contributed by atoms with Crippen molar-refractivity contribution >= 4 is 23.8 Å². The number of amides is 1. The zero-order valence-electron chi connectivity index (χ0n) is 21.0. The smallest absolute Gasteiger partial charge is 0.416 e. The number of carboxylic acid groups (broad SMARTS) is 1. The van der Waals surface area contributed by atoms with Gasteiger partial charge in [0.25, 0.3) is 12.4 Å². The zero-order chi connectivity index (χ0) is 27.4. The molecule has 1 saturated heterocycles. The van der Waals surface area contributed by atoms with Crippen LogP contribution in [0.4, 0.5) is 24.5 Å². The lowest BCUT2D eigenvalue weighted by molar-refractivity contribution is -0.138. The third-order valence-corrected chi connectivity index (χ3v) is 6.82. The Morgan fingerprint density at radius 3 is 2.68 bits per heavy atom. The van der Waals surface area contributed by atoms with Crippen LogP contribution in [0.25, 0.3) is 0 Å². The number of fused-ring (bicyclic) bond motifs is 1.